The first-order valence-corrected chi connectivity index (χ1v) is 4.99. The molecule has 1 aromatic heterocycles. The summed E-state index contributed by atoms with van der Waals surface area (Å²) in [6, 6.07) is 5.72. The number of benzene rings is 1. The minimum atomic E-state index is 0.701. The Morgan fingerprint density at radius 2 is 2.06 bits per heavy atom. The summed E-state index contributed by atoms with van der Waals surface area (Å²) in [7, 11) is 5.11. The second-order valence-electron chi connectivity index (χ2n) is 3.31. The predicted octanol–water partition coefficient (Wildman–Crippen LogP) is 2.29. The fraction of sp³-hybridized carbons (Fsp3) is 0.250. The largest absolute Gasteiger partial charge is 0.493 e. The van der Waals surface area contributed by atoms with Gasteiger partial charge in [-0.15, -0.1) is 0 Å². The smallest absolute Gasteiger partial charge is 0.170 e. The number of pyridine rings is 1. The number of methoxy groups -OCH3 is 2. The number of fused-ring (bicyclic) bond motifs is 1. The van der Waals surface area contributed by atoms with Crippen LogP contribution in [-0.4, -0.2) is 26.3 Å². The third-order valence-electron chi connectivity index (χ3n) is 2.50. The van der Waals surface area contributed by atoms with Gasteiger partial charge in [-0.1, -0.05) is 0 Å². The quantitative estimate of drug-likeness (QED) is 0.858. The van der Waals surface area contributed by atoms with E-state index < -0.39 is 0 Å². The van der Waals surface area contributed by atoms with Gasteiger partial charge in [-0.05, 0) is 12.1 Å². The fourth-order valence-corrected chi connectivity index (χ4v) is 1.75. The van der Waals surface area contributed by atoms with Gasteiger partial charge < -0.3 is 14.8 Å². The van der Waals surface area contributed by atoms with Crippen LogP contribution in [0, 0.1) is 0 Å². The van der Waals surface area contributed by atoms with Crippen LogP contribution in [0.5, 0.6) is 11.5 Å². The molecule has 0 atom stereocenters. The summed E-state index contributed by atoms with van der Waals surface area (Å²) < 4.78 is 10.7. The van der Waals surface area contributed by atoms with Crippen LogP contribution in [0.4, 0.5) is 5.69 Å². The maximum atomic E-state index is 5.36. The van der Waals surface area contributed by atoms with Crippen molar-refractivity contribution in [2.24, 2.45) is 0 Å². The third-order valence-corrected chi connectivity index (χ3v) is 2.50. The van der Waals surface area contributed by atoms with Crippen molar-refractivity contribution in [1.82, 2.24) is 4.98 Å². The van der Waals surface area contributed by atoms with E-state index in [0.29, 0.717) is 11.5 Å². The molecular weight excluding hydrogens is 204 g/mol. The summed E-state index contributed by atoms with van der Waals surface area (Å²) in [4.78, 5) is 4.34. The first-order chi connectivity index (χ1) is 7.81. The van der Waals surface area contributed by atoms with Crippen molar-refractivity contribution >= 4 is 16.6 Å². The van der Waals surface area contributed by atoms with E-state index in [1.54, 1.807) is 20.4 Å². The number of nitrogens with zero attached hydrogens (tertiary/aromatic N) is 1. The van der Waals surface area contributed by atoms with E-state index in [-0.39, 0.29) is 0 Å². The van der Waals surface area contributed by atoms with Gasteiger partial charge in [-0.2, -0.15) is 0 Å². The summed E-state index contributed by atoms with van der Waals surface area (Å²) in [6.07, 6.45) is 1.76. The average Bonchev–Trinajstić information content (AvgIpc) is 2.36. The summed E-state index contributed by atoms with van der Waals surface area (Å²) in [5, 5.41) is 4.04. The van der Waals surface area contributed by atoms with Crippen molar-refractivity contribution in [3.63, 3.8) is 0 Å². The number of rotatable bonds is 3. The zero-order valence-electron chi connectivity index (χ0n) is 9.57. The van der Waals surface area contributed by atoms with Crippen LogP contribution in [-0.2, 0) is 0 Å². The Morgan fingerprint density at radius 1 is 1.25 bits per heavy atom. The summed E-state index contributed by atoms with van der Waals surface area (Å²) in [5.41, 5.74) is 1.80. The molecule has 0 saturated carbocycles. The number of aromatic nitrogens is 1. The minimum Gasteiger partial charge on any atom is -0.493 e. The molecule has 4 heteroatoms. The Balaban J connectivity index is 2.83. The minimum absolute atomic E-state index is 0.701. The van der Waals surface area contributed by atoms with Gasteiger partial charge in [0.1, 0.15) is 0 Å². The van der Waals surface area contributed by atoms with Gasteiger partial charge >= 0.3 is 0 Å². The lowest BCUT2D eigenvalue weighted by atomic mass is 10.1. The Labute approximate surface area is 94.2 Å². The molecule has 0 saturated heterocycles. The monoisotopic (exact) mass is 218 g/mol. The highest BCUT2D eigenvalue weighted by Crippen LogP contribution is 2.38. The van der Waals surface area contributed by atoms with E-state index in [1.165, 1.54) is 0 Å². The molecule has 0 radical (unpaired) electrons. The van der Waals surface area contributed by atoms with Crippen LogP contribution in [0.2, 0.25) is 0 Å². The van der Waals surface area contributed by atoms with E-state index in [4.69, 9.17) is 9.47 Å². The number of ether oxygens (including phenoxy) is 2. The Hall–Kier alpha value is -1.97. The van der Waals surface area contributed by atoms with Gasteiger partial charge in [0.2, 0.25) is 0 Å². The second-order valence-corrected chi connectivity index (χ2v) is 3.31. The van der Waals surface area contributed by atoms with Crippen molar-refractivity contribution in [2.45, 2.75) is 0 Å². The highest BCUT2D eigenvalue weighted by molar-refractivity contribution is 5.97. The van der Waals surface area contributed by atoms with E-state index >= 15 is 0 Å². The lowest BCUT2D eigenvalue weighted by molar-refractivity contribution is 0.358. The van der Waals surface area contributed by atoms with E-state index in [0.717, 1.165) is 16.6 Å². The molecule has 0 aliphatic rings. The van der Waals surface area contributed by atoms with Crippen molar-refractivity contribution in [3.8, 4) is 11.5 Å². The fourth-order valence-electron chi connectivity index (χ4n) is 1.75. The Kier molecular flexibility index (Phi) is 2.81. The van der Waals surface area contributed by atoms with Crippen LogP contribution >= 0.6 is 0 Å². The van der Waals surface area contributed by atoms with Gasteiger partial charge in [-0.25, -0.2) is 0 Å². The van der Waals surface area contributed by atoms with E-state index in [1.807, 2.05) is 25.2 Å². The molecule has 0 aliphatic heterocycles. The summed E-state index contributed by atoms with van der Waals surface area (Å²) in [5.74, 6) is 1.41. The van der Waals surface area contributed by atoms with Gasteiger partial charge in [0.25, 0.3) is 0 Å². The molecule has 0 spiro atoms. The van der Waals surface area contributed by atoms with Crippen molar-refractivity contribution in [1.29, 1.82) is 0 Å². The SMILES string of the molecule is CNc1cc(OC)c(OC)c2cccnc12. The molecule has 1 N–H and O–H groups in total. The molecular formula is C12H14N2O2. The first-order valence-electron chi connectivity index (χ1n) is 4.99. The van der Waals surface area contributed by atoms with Gasteiger partial charge in [0, 0.05) is 24.7 Å². The first kappa shape index (κ1) is 10.5. The third kappa shape index (κ3) is 1.52. The molecule has 84 valence electrons. The van der Waals surface area contributed by atoms with E-state index in [2.05, 4.69) is 10.3 Å². The normalized spacial score (nSPS) is 10.2. The molecule has 0 aliphatic carbocycles. The van der Waals surface area contributed by atoms with E-state index in [9.17, 15) is 0 Å². The molecule has 0 bridgehead atoms. The summed E-state index contributed by atoms with van der Waals surface area (Å²) in [6.45, 7) is 0. The zero-order valence-corrected chi connectivity index (χ0v) is 9.57. The zero-order chi connectivity index (χ0) is 11.5. The average molecular weight is 218 g/mol. The van der Waals surface area contributed by atoms with Crippen LogP contribution in [0.3, 0.4) is 0 Å². The van der Waals surface area contributed by atoms with Crippen LogP contribution < -0.4 is 14.8 Å². The molecule has 4 nitrogen and oxygen atoms in total. The van der Waals surface area contributed by atoms with Crippen molar-refractivity contribution in [3.05, 3.63) is 24.4 Å². The molecule has 0 amide bonds. The molecule has 0 unspecified atom stereocenters. The van der Waals surface area contributed by atoms with Gasteiger partial charge in [0.15, 0.2) is 11.5 Å². The highest BCUT2D eigenvalue weighted by atomic mass is 16.5. The predicted molar refractivity (Wildman–Crippen MR) is 64.4 cm³/mol. The topological polar surface area (TPSA) is 43.4 Å². The summed E-state index contributed by atoms with van der Waals surface area (Å²) >= 11 is 0. The number of anilines is 1. The second kappa shape index (κ2) is 4.26. The molecule has 2 rings (SSSR count). The van der Waals surface area contributed by atoms with Crippen LogP contribution in [0.25, 0.3) is 10.9 Å². The number of hydrogen-bond donors (Lipinski definition) is 1. The molecule has 1 aromatic carbocycles. The standard InChI is InChI=1S/C12H14N2O2/c1-13-9-7-10(15-2)12(16-3)8-5-4-6-14-11(8)9/h4-7,13H,1-3H3. The van der Waals surface area contributed by atoms with Crippen LogP contribution in [0.15, 0.2) is 24.4 Å². The maximum absolute atomic E-state index is 5.36. The van der Waals surface area contributed by atoms with Gasteiger partial charge in [-0.3, -0.25) is 4.98 Å². The highest BCUT2D eigenvalue weighted by Gasteiger charge is 2.12. The lowest BCUT2D eigenvalue weighted by Crippen LogP contribution is -1.97. The number of nitrogens with one attached hydrogen (secondary N) is 1. The van der Waals surface area contributed by atoms with Crippen LogP contribution in [0.1, 0.15) is 0 Å². The maximum Gasteiger partial charge on any atom is 0.170 e. The molecule has 16 heavy (non-hydrogen) atoms. The van der Waals surface area contributed by atoms with Crippen molar-refractivity contribution < 1.29 is 9.47 Å². The lowest BCUT2D eigenvalue weighted by Gasteiger charge is -2.13. The molecule has 0 fully saturated rings. The molecule has 1 heterocycles. The van der Waals surface area contributed by atoms with Crippen molar-refractivity contribution in [2.75, 3.05) is 26.6 Å². The Bertz CT molecular complexity index is 512. The number of hydrogen-bond acceptors (Lipinski definition) is 4. The molecule has 2 aromatic rings. The van der Waals surface area contributed by atoms with Gasteiger partial charge in [0.05, 0.1) is 25.4 Å². The Morgan fingerprint density at radius 3 is 2.69 bits per heavy atom.